The van der Waals surface area contributed by atoms with Crippen molar-refractivity contribution in [1.29, 1.82) is 0 Å². The molecular weight excluding hydrogens is 260 g/mol. The molecule has 0 aromatic carbocycles. The Hall–Kier alpha value is -0.280. The van der Waals surface area contributed by atoms with E-state index in [-0.39, 0.29) is 23.7 Å². The molecule has 0 saturated heterocycles. The summed E-state index contributed by atoms with van der Waals surface area (Å²) in [6.07, 6.45) is 5.28. The van der Waals surface area contributed by atoms with Crippen molar-refractivity contribution in [1.82, 2.24) is 5.32 Å². The number of amides is 1. The lowest BCUT2D eigenvalue weighted by Gasteiger charge is -2.38. The van der Waals surface area contributed by atoms with Crippen molar-refractivity contribution < 1.29 is 4.79 Å². The zero-order valence-corrected chi connectivity index (χ0v) is 13.7. The van der Waals surface area contributed by atoms with Gasteiger partial charge < -0.3 is 11.1 Å². The lowest BCUT2D eigenvalue weighted by Crippen LogP contribution is -2.52. The topological polar surface area (TPSA) is 55.1 Å². The predicted molar refractivity (Wildman–Crippen MR) is 83.4 cm³/mol. The van der Waals surface area contributed by atoms with Gasteiger partial charge in [0.15, 0.2) is 0 Å². The van der Waals surface area contributed by atoms with E-state index in [2.05, 4.69) is 33.0 Å². The molecular formula is C15H31ClN2O. The molecule has 0 aromatic heterocycles. The van der Waals surface area contributed by atoms with Gasteiger partial charge in [-0.2, -0.15) is 0 Å². The zero-order chi connectivity index (χ0) is 13.8. The molecule has 0 bridgehead atoms. The Bertz CT molecular complexity index is 271. The molecule has 0 radical (unpaired) electrons. The van der Waals surface area contributed by atoms with Gasteiger partial charge in [-0.25, -0.2) is 0 Å². The van der Waals surface area contributed by atoms with Gasteiger partial charge in [-0.3, -0.25) is 4.79 Å². The lowest BCUT2D eigenvalue weighted by molar-refractivity contribution is -0.132. The van der Waals surface area contributed by atoms with Gasteiger partial charge in [0.2, 0.25) is 5.91 Å². The third-order valence-electron chi connectivity index (χ3n) is 5.25. The highest BCUT2D eigenvalue weighted by molar-refractivity contribution is 5.85. The predicted octanol–water partition coefficient (Wildman–Crippen LogP) is 3.11. The summed E-state index contributed by atoms with van der Waals surface area (Å²) in [5, 5.41) is 3.27. The van der Waals surface area contributed by atoms with E-state index < -0.39 is 0 Å². The van der Waals surface area contributed by atoms with E-state index in [0.717, 1.165) is 19.3 Å². The van der Waals surface area contributed by atoms with E-state index in [1.54, 1.807) is 0 Å². The molecule has 3 N–H and O–H groups in total. The summed E-state index contributed by atoms with van der Waals surface area (Å²) in [6.45, 7) is 9.11. The van der Waals surface area contributed by atoms with Crippen LogP contribution in [-0.4, -0.2) is 18.5 Å². The van der Waals surface area contributed by atoms with Gasteiger partial charge in [-0.05, 0) is 31.1 Å². The largest absolute Gasteiger partial charge is 0.353 e. The van der Waals surface area contributed by atoms with Gasteiger partial charge >= 0.3 is 0 Å². The van der Waals surface area contributed by atoms with Crippen LogP contribution in [0.3, 0.4) is 0 Å². The van der Waals surface area contributed by atoms with Crippen molar-refractivity contribution in [3.63, 3.8) is 0 Å². The minimum absolute atomic E-state index is 0. The molecule has 1 aliphatic carbocycles. The van der Waals surface area contributed by atoms with E-state index in [1.165, 1.54) is 12.8 Å². The Labute approximate surface area is 124 Å². The first kappa shape index (κ1) is 18.7. The highest BCUT2D eigenvalue weighted by Crippen LogP contribution is 2.31. The molecule has 19 heavy (non-hydrogen) atoms. The van der Waals surface area contributed by atoms with Crippen LogP contribution in [0.4, 0.5) is 0 Å². The van der Waals surface area contributed by atoms with Crippen molar-refractivity contribution in [2.24, 2.45) is 23.0 Å². The van der Waals surface area contributed by atoms with Gasteiger partial charge in [0.25, 0.3) is 0 Å². The highest BCUT2D eigenvalue weighted by Gasteiger charge is 2.36. The van der Waals surface area contributed by atoms with Crippen LogP contribution in [-0.2, 0) is 4.79 Å². The van der Waals surface area contributed by atoms with Gasteiger partial charge in [0.1, 0.15) is 0 Å². The molecule has 1 fully saturated rings. The molecule has 0 spiro atoms. The van der Waals surface area contributed by atoms with E-state index in [4.69, 9.17) is 5.73 Å². The summed E-state index contributed by atoms with van der Waals surface area (Å²) in [4.78, 5) is 12.5. The Kier molecular flexibility index (Phi) is 7.99. The van der Waals surface area contributed by atoms with Crippen LogP contribution >= 0.6 is 12.4 Å². The average Bonchev–Trinajstić information content (AvgIpc) is 2.38. The van der Waals surface area contributed by atoms with Crippen LogP contribution in [0.5, 0.6) is 0 Å². The summed E-state index contributed by atoms with van der Waals surface area (Å²) >= 11 is 0. The van der Waals surface area contributed by atoms with E-state index in [1.807, 2.05) is 0 Å². The fourth-order valence-corrected chi connectivity index (χ4v) is 3.06. The molecule has 1 rings (SSSR count). The van der Waals surface area contributed by atoms with Crippen LogP contribution in [0.2, 0.25) is 0 Å². The standard InChI is InChI=1S/C15H30N2O.ClH/c1-5-15(6-2,10-16)14(18)17-13-9-7-8-11(3)12(13)4;/h11-13H,5-10,16H2,1-4H3,(H,17,18);1H. The minimum Gasteiger partial charge on any atom is -0.353 e. The SMILES string of the molecule is CCC(CC)(CN)C(=O)NC1CCCC(C)C1C.Cl. The van der Waals surface area contributed by atoms with Crippen LogP contribution in [0, 0.1) is 17.3 Å². The molecule has 0 aromatic rings. The number of nitrogens with two attached hydrogens (primary N) is 1. The number of nitrogens with one attached hydrogen (secondary N) is 1. The first-order valence-electron chi connectivity index (χ1n) is 7.51. The van der Waals surface area contributed by atoms with Crippen molar-refractivity contribution >= 4 is 18.3 Å². The van der Waals surface area contributed by atoms with Crippen LogP contribution in [0.25, 0.3) is 0 Å². The van der Waals surface area contributed by atoms with Crippen LogP contribution in [0.15, 0.2) is 0 Å². The Morgan fingerprint density at radius 3 is 2.32 bits per heavy atom. The maximum absolute atomic E-state index is 12.5. The number of hydrogen-bond acceptors (Lipinski definition) is 2. The summed E-state index contributed by atoms with van der Waals surface area (Å²) in [6, 6.07) is 0.338. The van der Waals surface area contributed by atoms with Gasteiger partial charge in [0.05, 0.1) is 5.41 Å². The fraction of sp³-hybridized carbons (Fsp3) is 0.933. The van der Waals surface area contributed by atoms with E-state index in [0.29, 0.717) is 24.4 Å². The second kappa shape index (κ2) is 8.11. The van der Waals surface area contributed by atoms with Crippen LogP contribution < -0.4 is 11.1 Å². The van der Waals surface area contributed by atoms with Crippen molar-refractivity contribution in [2.75, 3.05) is 6.54 Å². The highest BCUT2D eigenvalue weighted by atomic mass is 35.5. The third-order valence-corrected chi connectivity index (χ3v) is 5.25. The van der Waals surface area contributed by atoms with Crippen molar-refractivity contribution in [2.45, 2.75) is 65.8 Å². The molecule has 3 unspecified atom stereocenters. The first-order valence-corrected chi connectivity index (χ1v) is 7.51. The molecule has 114 valence electrons. The van der Waals surface area contributed by atoms with Gasteiger partial charge in [-0.1, -0.05) is 40.5 Å². The van der Waals surface area contributed by atoms with Crippen LogP contribution in [0.1, 0.15) is 59.8 Å². The monoisotopic (exact) mass is 290 g/mol. The second-order valence-corrected chi connectivity index (χ2v) is 6.04. The van der Waals surface area contributed by atoms with Gasteiger partial charge in [-0.15, -0.1) is 12.4 Å². The molecule has 1 amide bonds. The second-order valence-electron chi connectivity index (χ2n) is 6.04. The third kappa shape index (κ3) is 4.09. The number of carbonyl (C=O) groups excluding carboxylic acids is 1. The maximum atomic E-state index is 12.5. The van der Waals surface area contributed by atoms with Crippen molar-refractivity contribution in [3.05, 3.63) is 0 Å². The fourth-order valence-electron chi connectivity index (χ4n) is 3.06. The van der Waals surface area contributed by atoms with Gasteiger partial charge in [0, 0.05) is 12.6 Å². The number of halogens is 1. The number of hydrogen-bond donors (Lipinski definition) is 2. The van der Waals surface area contributed by atoms with Crippen molar-refractivity contribution in [3.8, 4) is 0 Å². The number of rotatable bonds is 5. The Morgan fingerprint density at radius 2 is 1.84 bits per heavy atom. The van der Waals surface area contributed by atoms with E-state index in [9.17, 15) is 4.79 Å². The molecule has 0 heterocycles. The zero-order valence-electron chi connectivity index (χ0n) is 12.9. The molecule has 3 nitrogen and oxygen atoms in total. The summed E-state index contributed by atoms with van der Waals surface area (Å²) < 4.78 is 0. The summed E-state index contributed by atoms with van der Waals surface area (Å²) in [5.74, 6) is 1.45. The molecule has 1 saturated carbocycles. The van der Waals surface area contributed by atoms with E-state index >= 15 is 0 Å². The first-order chi connectivity index (χ1) is 8.50. The average molecular weight is 291 g/mol. The molecule has 4 heteroatoms. The Balaban J connectivity index is 0.00000324. The maximum Gasteiger partial charge on any atom is 0.227 e. The minimum atomic E-state index is -0.361. The quantitative estimate of drug-likeness (QED) is 0.817. The smallest absolute Gasteiger partial charge is 0.227 e. The normalized spacial score (nSPS) is 27.5. The molecule has 3 atom stereocenters. The Morgan fingerprint density at radius 1 is 1.26 bits per heavy atom. The molecule has 1 aliphatic rings. The summed E-state index contributed by atoms with van der Waals surface area (Å²) in [7, 11) is 0. The summed E-state index contributed by atoms with van der Waals surface area (Å²) in [5.41, 5.74) is 5.48. The lowest BCUT2D eigenvalue weighted by atomic mass is 9.76. The number of carbonyl (C=O) groups is 1. The molecule has 0 aliphatic heterocycles.